The maximum absolute atomic E-state index is 3.67. The number of halogens is 1. The van der Waals surface area contributed by atoms with Crippen molar-refractivity contribution in [3.8, 4) is 0 Å². The molecule has 0 heterocycles. The summed E-state index contributed by atoms with van der Waals surface area (Å²) in [5, 5.41) is 3.67. The van der Waals surface area contributed by atoms with Crippen molar-refractivity contribution in [2.24, 2.45) is 0 Å². The molecule has 21 heavy (non-hydrogen) atoms. The molecule has 3 rings (SSSR count). The minimum absolute atomic E-state index is 0.699. The highest BCUT2D eigenvalue weighted by Crippen LogP contribution is 2.37. The highest BCUT2D eigenvalue weighted by atomic mass is 79.9. The second kappa shape index (κ2) is 7.48. The van der Waals surface area contributed by atoms with E-state index in [1.54, 1.807) is 0 Å². The Kier molecular flexibility index (Phi) is 5.39. The first-order valence-corrected chi connectivity index (χ1v) is 9.26. The van der Waals surface area contributed by atoms with Gasteiger partial charge in [-0.1, -0.05) is 46.3 Å². The van der Waals surface area contributed by atoms with Gasteiger partial charge in [0.15, 0.2) is 0 Å². The fourth-order valence-electron chi connectivity index (χ4n) is 2.77. The lowest BCUT2D eigenvalue weighted by Gasteiger charge is -2.36. The first-order valence-electron chi connectivity index (χ1n) is 7.48. The van der Waals surface area contributed by atoms with E-state index in [1.807, 2.05) is 11.8 Å². The van der Waals surface area contributed by atoms with E-state index in [0.717, 1.165) is 18.2 Å². The summed E-state index contributed by atoms with van der Waals surface area (Å²) in [4.78, 5) is 1.36. The molecule has 0 spiro atoms. The molecule has 2 aromatic rings. The Bertz CT molecular complexity index is 566. The molecule has 1 saturated carbocycles. The van der Waals surface area contributed by atoms with E-state index in [4.69, 9.17) is 0 Å². The number of rotatable bonds is 6. The molecule has 0 atom stereocenters. The van der Waals surface area contributed by atoms with Crippen molar-refractivity contribution >= 4 is 27.7 Å². The molecule has 110 valence electrons. The van der Waals surface area contributed by atoms with Gasteiger partial charge in [-0.25, -0.2) is 0 Å². The van der Waals surface area contributed by atoms with Crippen LogP contribution in [0.2, 0.25) is 0 Å². The summed E-state index contributed by atoms with van der Waals surface area (Å²) in [5.41, 5.74) is 1.47. The molecule has 1 N–H and O–H groups in total. The molecule has 1 aliphatic rings. The van der Waals surface area contributed by atoms with E-state index in [9.17, 15) is 0 Å². The molecule has 1 aliphatic carbocycles. The number of benzene rings is 2. The Balaban J connectivity index is 1.34. The van der Waals surface area contributed by atoms with E-state index < -0.39 is 0 Å². The Labute approximate surface area is 139 Å². The summed E-state index contributed by atoms with van der Waals surface area (Å²) in [6.45, 7) is 1.09. The van der Waals surface area contributed by atoms with Crippen molar-refractivity contribution in [1.82, 2.24) is 5.32 Å². The van der Waals surface area contributed by atoms with Crippen LogP contribution in [0.25, 0.3) is 0 Å². The molecular weight excluding hydrogens is 342 g/mol. The number of hydrogen-bond donors (Lipinski definition) is 1. The lowest BCUT2D eigenvalue weighted by molar-refractivity contribution is 0.296. The van der Waals surface area contributed by atoms with E-state index in [0.29, 0.717) is 6.04 Å². The third-order valence-electron chi connectivity index (χ3n) is 4.01. The van der Waals surface area contributed by atoms with Crippen LogP contribution < -0.4 is 5.32 Å². The third-order valence-corrected chi connectivity index (χ3v) is 5.51. The predicted octanol–water partition coefficient (Wildman–Crippen LogP) is 5.08. The predicted molar refractivity (Wildman–Crippen MR) is 95.1 cm³/mol. The summed E-state index contributed by atoms with van der Waals surface area (Å²) in [7, 11) is 0. The fraction of sp³-hybridized carbons (Fsp3) is 0.333. The van der Waals surface area contributed by atoms with Crippen LogP contribution in [0.4, 0.5) is 0 Å². The Hall–Kier alpha value is -0.770. The lowest BCUT2D eigenvalue weighted by Crippen LogP contribution is -2.41. The van der Waals surface area contributed by atoms with Crippen LogP contribution in [0, 0.1) is 0 Å². The van der Waals surface area contributed by atoms with Crippen LogP contribution in [-0.2, 0) is 0 Å². The van der Waals surface area contributed by atoms with Crippen LogP contribution in [0.15, 0.2) is 64.0 Å². The number of nitrogens with one attached hydrogen (secondary N) is 1. The normalized spacial score (nSPS) is 21.0. The van der Waals surface area contributed by atoms with Gasteiger partial charge in [0.1, 0.15) is 0 Å². The van der Waals surface area contributed by atoms with Crippen LogP contribution in [-0.4, -0.2) is 18.3 Å². The maximum Gasteiger partial charge on any atom is 0.0178 e. The molecule has 2 aromatic carbocycles. The van der Waals surface area contributed by atoms with Crippen molar-refractivity contribution in [3.63, 3.8) is 0 Å². The molecule has 0 aliphatic heterocycles. The van der Waals surface area contributed by atoms with Crippen LogP contribution >= 0.6 is 27.7 Å². The first-order chi connectivity index (χ1) is 10.3. The van der Waals surface area contributed by atoms with E-state index in [-0.39, 0.29) is 0 Å². The zero-order chi connectivity index (χ0) is 14.5. The molecule has 1 nitrogen and oxygen atoms in total. The summed E-state index contributed by atoms with van der Waals surface area (Å²) in [6, 6.07) is 20.1. The molecule has 0 unspecified atom stereocenters. The van der Waals surface area contributed by atoms with Gasteiger partial charge < -0.3 is 5.32 Å². The number of hydrogen-bond acceptors (Lipinski definition) is 2. The zero-order valence-corrected chi connectivity index (χ0v) is 14.4. The van der Waals surface area contributed by atoms with Gasteiger partial charge in [0, 0.05) is 27.7 Å². The monoisotopic (exact) mass is 361 g/mol. The smallest absolute Gasteiger partial charge is 0.0178 e. The summed E-state index contributed by atoms with van der Waals surface area (Å²) in [5.74, 6) is 1.88. The van der Waals surface area contributed by atoms with Gasteiger partial charge in [0.25, 0.3) is 0 Å². The largest absolute Gasteiger partial charge is 0.313 e. The van der Waals surface area contributed by atoms with Crippen molar-refractivity contribution < 1.29 is 0 Å². The fourth-order valence-corrected chi connectivity index (χ4v) is 3.99. The SMILES string of the molecule is Brc1cccc(C2CC(NCCSc3ccccc3)C2)c1. The first kappa shape index (κ1) is 15.1. The molecule has 1 fully saturated rings. The molecule has 0 amide bonds. The van der Waals surface area contributed by atoms with Gasteiger partial charge in [0.2, 0.25) is 0 Å². The lowest BCUT2D eigenvalue weighted by atomic mass is 9.76. The van der Waals surface area contributed by atoms with Crippen LogP contribution in [0.1, 0.15) is 24.3 Å². The van der Waals surface area contributed by atoms with Gasteiger partial charge in [-0.05, 0) is 48.6 Å². The minimum atomic E-state index is 0.699. The van der Waals surface area contributed by atoms with Crippen molar-refractivity contribution in [3.05, 3.63) is 64.6 Å². The van der Waals surface area contributed by atoms with Gasteiger partial charge in [-0.2, -0.15) is 0 Å². The molecule has 3 heteroatoms. The van der Waals surface area contributed by atoms with E-state index >= 15 is 0 Å². The Morgan fingerprint density at radius 3 is 2.62 bits per heavy atom. The average Bonchev–Trinajstić information content (AvgIpc) is 2.46. The van der Waals surface area contributed by atoms with Crippen LogP contribution in [0.3, 0.4) is 0 Å². The minimum Gasteiger partial charge on any atom is -0.313 e. The quantitative estimate of drug-likeness (QED) is 0.568. The van der Waals surface area contributed by atoms with Crippen molar-refractivity contribution in [1.29, 1.82) is 0 Å². The standard InChI is InChI=1S/C18H20BrNS/c19-16-6-4-5-14(11-16)15-12-17(13-15)20-9-10-21-18-7-2-1-3-8-18/h1-8,11,15,17,20H,9-10,12-13H2. The van der Waals surface area contributed by atoms with Crippen molar-refractivity contribution in [2.45, 2.75) is 29.7 Å². The van der Waals surface area contributed by atoms with Crippen molar-refractivity contribution in [2.75, 3.05) is 12.3 Å². The topological polar surface area (TPSA) is 12.0 Å². The summed E-state index contributed by atoms with van der Waals surface area (Å²) >= 11 is 5.48. The molecule has 0 radical (unpaired) electrons. The zero-order valence-electron chi connectivity index (χ0n) is 12.0. The number of thioether (sulfide) groups is 1. The van der Waals surface area contributed by atoms with Gasteiger partial charge >= 0.3 is 0 Å². The molecule has 0 saturated heterocycles. The third kappa shape index (κ3) is 4.35. The second-order valence-electron chi connectivity index (χ2n) is 5.54. The summed E-state index contributed by atoms with van der Waals surface area (Å²) in [6.07, 6.45) is 2.54. The molecular formula is C18H20BrNS. The highest BCUT2D eigenvalue weighted by molar-refractivity contribution is 9.10. The van der Waals surface area contributed by atoms with Gasteiger partial charge in [-0.15, -0.1) is 11.8 Å². The van der Waals surface area contributed by atoms with Crippen LogP contribution in [0.5, 0.6) is 0 Å². The van der Waals surface area contributed by atoms with Gasteiger partial charge in [0.05, 0.1) is 0 Å². The van der Waals surface area contributed by atoms with Gasteiger partial charge in [-0.3, -0.25) is 0 Å². The highest BCUT2D eigenvalue weighted by Gasteiger charge is 2.29. The summed E-state index contributed by atoms with van der Waals surface area (Å²) < 4.78 is 1.19. The van der Waals surface area contributed by atoms with E-state index in [1.165, 1.54) is 27.8 Å². The maximum atomic E-state index is 3.67. The Morgan fingerprint density at radius 1 is 1.05 bits per heavy atom. The molecule has 0 bridgehead atoms. The van der Waals surface area contributed by atoms with E-state index in [2.05, 4.69) is 75.8 Å². The Morgan fingerprint density at radius 2 is 1.86 bits per heavy atom. The average molecular weight is 362 g/mol. The molecule has 0 aromatic heterocycles. The second-order valence-corrected chi connectivity index (χ2v) is 7.62.